The minimum atomic E-state index is 0.403. The van der Waals surface area contributed by atoms with Gasteiger partial charge >= 0.3 is 0 Å². The zero-order chi connectivity index (χ0) is 18.0. The topological polar surface area (TPSA) is 30.7 Å². The molecule has 3 rings (SSSR count). The highest BCUT2D eigenvalue weighted by molar-refractivity contribution is 5.90. The number of carbonyl (C=O) groups excluding carboxylic acids is 1. The number of hydrogen-bond acceptors (Lipinski definition) is 2. The molecule has 0 aliphatic rings. The van der Waals surface area contributed by atoms with Gasteiger partial charge in [-0.2, -0.15) is 0 Å². The van der Waals surface area contributed by atoms with E-state index in [2.05, 4.69) is 39.0 Å². The van der Waals surface area contributed by atoms with Gasteiger partial charge in [-0.1, -0.05) is 19.9 Å². The fourth-order valence-corrected chi connectivity index (χ4v) is 3.27. The molecule has 0 amide bonds. The van der Waals surface area contributed by atoms with Crippen molar-refractivity contribution in [2.45, 2.75) is 40.0 Å². The average molecular weight is 335 g/mol. The molecule has 25 heavy (non-hydrogen) atoms. The summed E-state index contributed by atoms with van der Waals surface area (Å²) in [4.78, 5) is 11.8. The molecule has 0 saturated heterocycles. The maximum atomic E-state index is 11.8. The lowest BCUT2D eigenvalue weighted by Crippen LogP contribution is -2.00. The number of aldehydes is 1. The molecule has 3 heteroatoms. The summed E-state index contributed by atoms with van der Waals surface area (Å²) < 4.78 is 7.76. The van der Waals surface area contributed by atoms with E-state index >= 15 is 0 Å². The lowest BCUT2D eigenvalue weighted by Gasteiger charge is -2.16. The van der Waals surface area contributed by atoms with E-state index in [-0.39, 0.29) is 0 Å². The van der Waals surface area contributed by atoms with E-state index in [1.807, 2.05) is 35.7 Å². The minimum Gasteiger partial charge on any atom is -0.494 e. The number of nitrogens with zero attached hydrogens (tertiary/aromatic N) is 1. The number of pyridine rings is 1. The van der Waals surface area contributed by atoms with Crippen molar-refractivity contribution >= 4 is 11.8 Å². The molecular formula is C22H25NO2. The molecule has 0 aliphatic carbocycles. The fraction of sp³-hybridized carbons (Fsp3) is 0.318. The van der Waals surface area contributed by atoms with Crippen molar-refractivity contribution in [3.63, 3.8) is 0 Å². The summed E-state index contributed by atoms with van der Waals surface area (Å²) in [5, 5.41) is 0. The molecule has 0 radical (unpaired) electrons. The summed E-state index contributed by atoms with van der Waals surface area (Å²) in [5.74, 6) is 1.34. The Kier molecular flexibility index (Phi) is 4.93. The van der Waals surface area contributed by atoms with Gasteiger partial charge in [0, 0.05) is 17.3 Å². The molecule has 0 aliphatic heterocycles. The van der Waals surface area contributed by atoms with Crippen LogP contribution in [0.15, 0.2) is 42.6 Å². The minimum absolute atomic E-state index is 0.403. The fourth-order valence-electron chi connectivity index (χ4n) is 3.27. The highest BCUT2D eigenvalue weighted by atomic mass is 16.5. The number of fused-ring (bicyclic) bond motifs is 1. The molecule has 0 bridgehead atoms. The van der Waals surface area contributed by atoms with E-state index in [0.717, 1.165) is 35.1 Å². The van der Waals surface area contributed by atoms with Gasteiger partial charge in [0.05, 0.1) is 12.3 Å². The smallest absolute Gasteiger partial charge is 0.167 e. The summed E-state index contributed by atoms with van der Waals surface area (Å²) in [6.07, 6.45) is 3.94. The van der Waals surface area contributed by atoms with E-state index in [1.165, 1.54) is 11.1 Å². The summed E-state index contributed by atoms with van der Waals surface area (Å²) in [6.45, 7) is 9.10. The van der Waals surface area contributed by atoms with Gasteiger partial charge in [0.15, 0.2) is 6.29 Å². The van der Waals surface area contributed by atoms with Gasteiger partial charge in [-0.3, -0.25) is 4.79 Å². The maximum absolute atomic E-state index is 11.8. The van der Waals surface area contributed by atoms with Crippen LogP contribution in [0.4, 0.5) is 0 Å². The first-order valence-electron chi connectivity index (χ1n) is 8.93. The first-order chi connectivity index (χ1) is 12.1. The second-order valence-electron chi connectivity index (χ2n) is 6.55. The molecule has 0 N–H and O–H groups in total. The van der Waals surface area contributed by atoms with Gasteiger partial charge in [-0.25, -0.2) is 0 Å². The zero-order valence-electron chi connectivity index (χ0n) is 15.4. The second-order valence-corrected chi connectivity index (χ2v) is 6.55. The van der Waals surface area contributed by atoms with Crippen molar-refractivity contribution < 1.29 is 9.53 Å². The van der Waals surface area contributed by atoms with E-state index in [4.69, 9.17) is 4.74 Å². The quantitative estimate of drug-likeness (QED) is 0.546. The second kappa shape index (κ2) is 7.14. The molecule has 3 nitrogen and oxygen atoms in total. The zero-order valence-corrected chi connectivity index (χ0v) is 15.4. The molecule has 1 unspecified atom stereocenters. The standard InChI is InChI=1S/C22H25NO2/c1-5-16(4)19-12-17(7-8-22(19)25-6-2)20-13-18-11-15(3)9-10-23(18)21(20)14-24/h7-14,16H,5-6H2,1-4H3. The van der Waals surface area contributed by atoms with Crippen LogP contribution in [0, 0.1) is 6.92 Å². The largest absolute Gasteiger partial charge is 0.494 e. The SMILES string of the molecule is CCOc1ccc(-c2cc3cc(C)ccn3c2C=O)cc1C(C)CC. The Morgan fingerprint density at radius 2 is 1.96 bits per heavy atom. The van der Waals surface area contributed by atoms with Crippen molar-refractivity contribution in [2.75, 3.05) is 6.61 Å². The Morgan fingerprint density at radius 3 is 2.64 bits per heavy atom. The normalized spacial score (nSPS) is 12.3. The van der Waals surface area contributed by atoms with Crippen LogP contribution >= 0.6 is 0 Å². The van der Waals surface area contributed by atoms with Crippen molar-refractivity contribution in [1.29, 1.82) is 0 Å². The van der Waals surface area contributed by atoms with Gasteiger partial charge < -0.3 is 9.14 Å². The van der Waals surface area contributed by atoms with Gasteiger partial charge in [0.1, 0.15) is 5.75 Å². The Bertz CT molecular complexity index is 908. The Labute approximate surface area is 149 Å². The molecule has 1 aromatic carbocycles. The molecule has 2 heterocycles. The van der Waals surface area contributed by atoms with Crippen LogP contribution in [0.1, 0.15) is 54.7 Å². The van der Waals surface area contributed by atoms with Crippen LogP contribution in [0.2, 0.25) is 0 Å². The number of aryl methyl sites for hydroxylation is 1. The third kappa shape index (κ3) is 3.19. The van der Waals surface area contributed by atoms with Crippen LogP contribution in [0.5, 0.6) is 5.75 Å². The van der Waals surface area contributed by atoms with Crippen LogP contribution in [-0.4, -0.2) is 17.3 Å². The first-order valence-corrected chi connectivity index (χ1v) is 8.93. The third-order valence-corrected chi connectivity index (χ3v) is 4.84. The van der Waals surface area contributed by atoms with Crippen LogP contribution in [-0.2, 0) is 0 Å². The molecule has 0 spiro atoms. The van der Waals surface area contributed by atoms with Crippen molar-refractivity contribution in [2.24, 2.45) is 0 Å². The van der Waals surface area contributed by atoms with Gasteiger partial charge in [-0.05, 0) is 73.2 Å². The number of hydrogen-bond donors (Lipinski definition) is 0. The molecule has 130 valence electrons. The molecule has 0 saturated carbocycles. The van der Waals surface area contributed by atoms with Crippen molar-refractivity contribution in [1.82, 2.24) is 4.40 Å². The van der Waals surface area contributed by atoms with Gasteiger partial charge in [0.2, 0.25) is 0 Å². The summed E-state index contributed by atoms with van der Waals surface area (Å²) in [5.41, 5.74) is 6.13. The highest BCUT2D eigenvalue weighted by Crippen LogP contribution is 2.35. The monoisotopic (exact) mass is 335 g/mol. The van der Waals surface area contributed by atoms with Gasteiger partial charge in [0.25, 0.3) is 0 Å². The first kappa shape index (κ1) is 17.3. The summed E-state index contributed by atoms with van der Waals surface area (Å²) in [7, 11) is 0. The van der Waals surface area contributed by atoms with Crippen molar-refractivity contribution in [3.8, 4) is 16.9 Å². The number of ether oxygens (including phenoxy) is 1. The molecule has 2 aromatic heterocycles. The maximum Gasteiger partial charge on any atom is 0.167 e. The number of rotatable bonds is 6. The summed E-state index contributed by atoms with van der Waals surface area (Å²) in [6, 6.07) is 12.5. The summed E-state index contributed by atoms with van der Waals surface area (Å²) >= 11 is 0. The lowest BCUT2D eigenvalue weighted by atomic mass is 9.93. The lowest BCUT2D eigenvalue weighted by molar-refractivity contribution is 0.111. The Morgan fingerprint density at radius 1 is 1.16 bits per heavy atom. The highest BCUT2D eigenvalue weighted by Gasteiger charge is 2.16. The predicted molar refractivity (Wildman–Crippen MR) is 103 cm³/mol. The Balaban J connectivity index is 2.19. The molecule has 0 fully saturated rings. The number of benzene rings is 1. The number of aromatic nitrogens is 1. The van der Waals surface area contributed by atoms with E-state index in [9.17, 15) is 4.79 Å². The van der Waals surface area contributed by atoms with Crippen LogP contribution < -0.4 is 4.74 Å². The van der Waals surface area contributed by atoms with E-state index < -0.39 is 0 Å². The predicted octanol–water partition coefficient (Wildman–Crippen LogP) is 5.64. The van der Waals surface area contributed by atoms with E-state index in [1.54, 1.807) is 0 Å². The van der Waals surface area contributed by atoms with Gasteiger partial charge in [-0.15, -0.1) is 0 Å². The van der Waals surface area contributed by atoms with E-state index in [0.29, 0.717) is 18.2 Å². The van der Waals surface area contributed by atoms with Crippen molar-refractivity contribution in [3.05, 3.63) is 59.4 Å². The number of carbonyl (C=O) groups is 1. The molecule has 3 aromatic rings. The third-order valence-electron chi connectivity index (χ3n) is 4.84. The van der Waals surface area contributed by atoms with Crippen LogP contribution in [0.3, 0.4) is 0 Å². The molecular weight excluding hydrogens is 310 g/mol. The molecule has 1 atom stereocenters. The van der Waals surface area contributed by atoms with Crippen LogP contribution in [0.25, 0.3) is 16.6 Å². The Hall–Kier alpha value is -2.55. The average Bonchev–Trinajstić information content (AvgIpc) is 2.99.